The number of phenolic OH excluding ortho intramolecular Hbond substituents is 1. The number of hydrogen-bond donors (Lipinski definition) is 2. The van der Waals surface area contributed by atoms with Crippen molar-refractivity contribution in [3.8, 4) is 5.75 Å². The van der Waals surface area contributed by atoms with Crippen LogP contribution in [-0.4, -0.2) is 21.2 Å². The summed E-state index contributed by atoms with van der Waals surface area (Å²) in [5.41, 5.74) is -0.539. The highest BCUT2D eigenvalue weighted by Crippen LogP contribution is 2.27. The van der Waals surface area contributed by atoms with E-state index in [1.54, 1.807) is 19.1 Å². The third kappa shape index (κ3) is 4.43. The number of nitro benzene ring substituents is 1. The fourth-order valence-electron chi connectivity index (χ4n) is 1.76. The molecule has 1 unspecified atom stereocenters. The Balaban J connectivity index is 2.04. The highest BCUT2D eigenvalue weighted by atomic mass is 32.2. The fourth-order valence-corrected chi connectivity index (χ4v) is 2.62. The van der Waals surface area contributed by atoms with E-state index in [-0.39, 0.29) is 17.3 Å². The van der Waals surface area contributed by atoms with Crippen LogP contribution in [0.15, 0.2) is 47.4 Å². The Kier molecular flexibility index (Phi) is 5.17. The highest BCUT2D eigenvalue weighted by Gasteiger charge is 2.18. The number of halogens is 1. The van der Waals surface area contributed by atoms with Gasteiger partial charge in [-0.15, -0.1) is 11.8 Å². The van der Waals surface area contributed by atoms with Crippen LogP contribution >= 0.6 is 11.8 Å². The lowest BCUT2D eigenvalue weighted by atomic mass is 10.2. The molecule has 1 amide bonds. The Bertz CT molecular complexity index is 737. The van der Waals surface area contributed by atoms with Crippen LogP contribution in [0.3, 0.4) is 0 Å². The molecule has 0 fully saturated rings. The number of nitrogens with one attached hydrogen (secondary N) is 1. The quantitative estimate of drug-likeness (QED) is 0.495. The Morgan fingerprint density at radius 1 is 1.30 bits per heavy atom. The number of nitro groups is 1. The largest absolute Gasteiger partial charge is 0.508 e. The number of thioether (sulfide) groups is 1. The Hall–Kier alpha value is -2.61. The second kappa shape index (κ2) is 7.10. The predicted molar refractivity (Wildman–Crippen MR) is 85.1 cm³/mol. The summed E-state index contributed by atoms with van der Waals surface area (Å²) in [5.74, 6) is -1.20. The van der Waals surface area contributed by atoms with Crippen molar-refractivity contribution in [3.05, 3.63) is 58.4 Å². The minimum absolute atomic E-state index is 0.130. The second-order valence-corrected chi connectivity index (χ2v) is 6.08. The van der Waals surface area contributed by atoms with Crippen LogP contribution in [0.4, 0.5) is 15.8 Å². The molecule has 0 spiro atoms. The van der Waals surface area contributed by atoms with Gasteiger partial charge in [0.15, 0.2) is 0 Å². The molecule has 0 saturated heterocycles. The van der Waals surface area contributed by atoms with Crippen LogP contribution < -0.4 is 5.32 Å². The Morgan fingerprint density at radius 3 is 2.57 bits per heavy atom. The first-order valence-electron chi connectivity index (χ1n) is 6.57. The average molecular weight is 336 g/mol. The first-order valence-corrected chi connectivity index (χ1v) is 7.45. The third-order valence-electron chi connectivity index (χ3n) is 2.93. The molecule has 0 saturated carbocycles. The van der Waals surface area contributed by atoms with Crippen LogP contribution in [0.5, 0.6) is 5.75 Å². The van der Waals surface area contributed by atoms with E-state index in [2.05, 4.69) is 5.32 Å². The summed E-state index contributed by atoms with van der Waals surface area (Å²) in [4.78, 5) is 22.7. The highest BCUT2D eigenvalue weighted by molar-refractivity contribution is 8.00. The molecular formula is C15H13FN2O4S. The van der Waals surface area contributed by atoms with Crippen LogP contribution in [0.1, 0.15) is 6.92 Å². The maximum Gasteiger partial charge on any atom is 0.306 e. The number of nitrogens with zero attached hydrogens (tertiary/aromatic N) is 1. The molecule has 0 heterocycles. The van der Waals surface area contributed by atoms with Gasteiger partial charge in [0, 0.05) is 16.6 Å². The lowest BCUT2D eigenvalue weighted by Crippen LogP contribution is -2.22. The maximum atomic E-state index is 13.3. The van der Waals surface area contributed by atoms with Gasteiger partial charge in [0.25, 0.3) is 0 Å². The van der Waals surface area contributed by atoms with Crippen molar-refractivity contribution in [2.75, 3.05) is 5.32 Å². The topological polar surface area (TPSA) is 92.5 Å². The number of carbonyl (C=O) groups is 1. The zero-order valence-corrected chi connectivity index (χ0v) is 12.8. The van der Waals surface area contributed by atoms with Crippen molar-refractivity contribution in [1.29, 1.82) is 0 Å². The van der Waals surface area contributed by atoms with E-state index < -0.39 is 21.7 Å². The standard InChI is InChI=1S/C15H13FN2O4S/c1-9(23-12-5-3-11(19)4-6-12)15(20)17-10-2-7-13(16)14(8-10)18(21)22/h2-9,19H,1H3,(H,17,20). The molecule has 0 radical (unpaired) electrons. The summed E-state index contributed by atoms with van der Waals surface area (Å²) in [6.07, 6.45) is 0. The molecule has 2 aromatic rings. The van der Waals surface area contributed by atoms with Crippen molar-refractivity contribution < 1.29 is 19.2 Å². The molecule has 0 aromatic heterocycles. The summed E-state index contributed by atoms with van der Waals surface area (Å²) in [6.45, 7) is 1.67. The van der Waals surface area contributed by atoms with E-state index in [0.29, 0.717) is 0 Å². The molecule has 0 aliphatic rings. The lowest BCUT2D eigenvalue weighted by molar-refractivity contribution is -0.387. The van der Waals surface area contributed by atoms with Gasteiger partial charge >= 0.3 is 5.69 Å². The van der Waals surface area contributed by atoms with Crippen molar-refractivity contribution >= 4 is 29.0 Å². The van der Waals surface area contributed by atoms with Crippen molar-refractivity contribution in [3.63, 3.8) is 0 Å². The van der Waals surface area contributed by atoms with Gasteiger partial charge in [0.1, 0.15) is 5.75 Å². The van der Waals surface area contributed by atoms with Gasteiger partial charge < -0.3 is 10.4 Å². The van der Waals surface area contributed by atoms with Gasteiger partial charge in [-0.2, -0.15) is 4.39 Å². The van der Waals surface area contributed by atoms with E-state index in [4.69, 9.17) is 0 Å². The predicted octanol–water partition coefficient (Wildman–Crippen LogP) is 3.56. The number of rotatable bonds is 5. The molecule has 0 bridgehead atoms. The monoisotopic (exact) mass is 336 g/mol. The van der Waals surface area contributed by atoms with Crippen LogP contribution in [-0.2, 0) is 4.79 Å². The van der Waals surface area contributed by atoms with Crippen molar-refractivity contribution in [2.45, 2.75) is 17.1 Å². The molecular weight excluding hydrogens is 323 g/mol. The van der Waals surface area contributed by atoms with Crippen molar-refractivity contribution in [2.24, 2.45) is 0 Å². The summed E-state index contributed by atoms with van der Waals surface area (Å²) >= 11 is 1.26. The van der Waals surface area contributed by atoms with E-state index in [0.717, 1.165) is 17.0 Å². The van der Waals surface area contributed by atoms with Crippen LogP contribution in [0.25, 0.3) is 0 Å². The van der Waals surface area contributed by atoms with Gasteiger partial charge in [-0.05, 0) is 43.3 Å². The smallest absolute Gasteiger partial charge is 0.306 e. The molecule has 8 heteroatoms. The van der Waals surface area contributed by atoms with E-state index >= 15 is 0 Å². The SMILES string of the molecule is CC(Sc1ccc(O)cc1)C(=O)Nc1ccc(F)c([N+](=O)[O-])c1. The number of aromatic hydroxyl groups is 1. The van der Waals surface area contributed by atoms with Crippen LogP contribution in [0.2, 0.25) is 0 Å². The average Bonchev–Trinajstić information content (AvgIpc) is 2.51. The molecule has 120 valence electrons. The zero-order valence-electron chi connectivity index (χ0n) is 12.0. The van der Waals surface area contributed by atoms with Gasteiger partial charge in [-0.1, -0.05) is 0 Å². The zero-order chi connectivity index (χ0) is 17.0. The normalized spacial score (nSPS) is 11.7. The molecule has 2 N–H and O–H groups in total. The van der Waals surface area contributed by atoms with E-state index in [9.17, 15) is 24.4 Å². The molecule has 23 heavy (non-hydrogen) atoms. The first kappa shape index (κ1) is 16.8. The number of hydrogen-bond acceptors (Lipinski definition) is 5. The molecule has 0 aliphatic carbocycles. The lowest BCUT2D eigenvalue weighted by Gasteiger charge is -2.12. The van der Waals surface area contributed by atoms with E-state index in [1.807, 2.05) is 0 Å². The summed E-state index contributed by atoms with van der Waals surface area (Å²) in [5, 5.41) is 21.9. The minimum Gasteiger partial charge on any atom is -0.508 e. The fraction of sp³-hybridized carbons (Fsp3) is 0.133. The number of amides is 1. The van der Waals surface area contributed by atoms with Gasteiger partial charge in [0.05, 0.1) is 10.2 Å². The molecule has 1 atom stereocenters. The molecule has 0 aliphatic heterocycles. The number of anilines is 1. The summed E-state index contributed by atoms with van der Waals surface area (Å²) < 4.78 is 13.3. The van der Waals surface area contributed by atoms with E-state index in [1.165, 1.54) is 30.0 Å². The molecule has 6 nitrogen and oxygen atoms in total. The number of phenols is 1. The van der Waals surface area contributed by atoms with Gasteiger partial charge in [-0.25, -0.2) is 0 Å². The Labute approximate surface area is 135 Å². The molecule has 2 rings (SSSR count). The first-order chi connectivity index (χ1) is 10.9. The van der Waals surface area contributed by atoms with Crippen LogP contribution in [0, 0.1) is 15.9 Å². The number of carbonyl (C=O) groups excluding carboxylic acids is 1. The Morgan fingerprint density at radius 2 is 1.96 bits per heavy atom. The molecule has 2 aromatic carbocycles. The second-order valence-electron chi connectivity index (χ2n) is 4.67. The van der Waals surface area contributed by atoms with Gasteiger partial charge in [0.2, 0.25) is 11.7 Å². The third-order valence-corrected chi connectivity index (χ3v) is 4.04. The van der Waals surface area contributed by atoms with Crippen molar-refractivity contribution in [1.82, 2.24) is 0 Å². The summed E-state index contributed by atoms with van der Waals surface area (Å²) in [7, 11) is 0. The maximum absolute atomic E-state index is 13.3. The minimum atomic E-state index is -0.959. The number of benzene rings is 2. The summed E-state index contributed by atoms with van der Waals surface area (Å²) in [6, 6.07) is 9.54. The van der Waals surface area contributed by atoms with Gasteiger partial charge in [-0.3, -0.25) is 14.9 Å².